The second kappa shape index (κ2) is 7.05. The molecule has 0 aliphatic rings. The third-order valence-electron chi connectivity index (χ3n) is 4.68. The normalized spacial score (nSPS) is 11.2. The molecular weight excluding hydrogens is 288 g/mol. The molecule has 0 unspecified atom stereocenters. The Morgan fingerprint density at radius 3 is 1.17 bits per heavy atom. The van der Waals surface area contributed by atoms with E-state index in [1.165, 1.54) is 33.4 Å². The summed E-state index contributed by atoms with van der Waals surface area (Å²) in [7, 11) is 0. The highest BCUT2D eigenvalue weighted by Gasteiger charge is 2.04. The Morgan fingerprint density at radius 2 is 0.833 bits per heavy atom. The summed E-state index contributed by atoms with van der Waals surface area (Å²) < 4.78 is 0. The molecule has 0 aliphatic carbocycles. The predicted molar refractivity (Wildman–Crippen MR) is 105 cm³/mol. The van der Waals surface area contributed by atoms with Gasteiger partial charge in [-0.2, -0.15) is 0 Å². The summed E-state index contributed by atoms with van der Waals surface area (Å²) in [6.45, 7) is 8.93. The topological polar surface area (TPSA) is 0 Å². The number of hydrogen-bond acceptors (Lipinski definition) is 0. The SMILES string of the molecule is CC(C)c1ccc(-c2cccc(-c3ccc(C(C)C)cc3)c2)cc1. The molecule has 24 heavy (non-hydrogen) atoms. The van der Waals surface area contributed by atoms with Crippen LogP contribution in [0.3, 0.4) is 0 Å². The summed E-state index contributed by atoms with van der Waals surface area (Å²) in [5.74, 6) is 1.15. The largest absolute Gasteiger partial charge is 0.0610 e. The van der Waals surface area contributed by atoms with Gasteiger partial charge in [-0.05, 0) is 51.3 Å². The van der Waals surface area contributed by atoms with E-state index in [2.05, 4.69) is 100 Å². The summed E-state index contributed by atoms with van der Waals surface area (Å²) in [6.07, 6.45) is 0. The maximum Gasteiger partial charge on any atom is -0.0178 e. The van der Waals surface area contributed by atoms with Gasteiger partial charge in [-0.25, -0.2) is 0 Å². The quantitative estimate of drug-likeness (QED) is 0.475. The molecule has 0 bridgehead atoms. The van der Waals surface area contributed by atoms with E-state index in [0.29, 0.717) is 11.8 Å². The van der Waals surface area contributed by atoms with Crippen molar-refractivity contribution in [2.45, 2.75) is 39.5 Å². The standard InChI is InChI=1S/C24H26/c1-17(2)19-8-12-21(13-9-19)23-6-5-7-24(16-23)22-14-10-20(11-15-22)18(3)4/h5-18H,1-4H3. The minimum Gasteiger partial charge on any atom is -0.0610 e. The summed E-state index contributed by atoms with van der Waals surface area (Å²) in [6, 6.07) is 26.7. The molecule has 3 aromatic rings. The molecule has 0 heteroatoms. The molecule has 0 aromatic heterocycles. The number of benzene rings is 3. The Bertz CT molecular complexity index is 723. The molecule has 122 valence electrons. The highest BCUT2D eigenvalue weighted by molar-refractivity contribution is 5.73. The van der Waals surface area contributed by atoms with E-state index in [0.717, 1.165) is 0 Å². The number of hydrogen-bond donors (Lipinski definition) is 0. The molecule has 3 aromatic carbocycles. The first-order chi connectivity index (χ1) is 11.5. The molecule has 0 saturated carbocycles. The Morgan fingerprint density at radius 1 is 0.458 bits per heavy atom. The van der Waals surface area contributed by atoms with Gasteiger partial charge in [0.2, 0.25) is 0 Å². The monoisotopic (exact) mass is 314 g/mol. The van der Waals surface area contributed by atoms with Gasteiger partial charge in [0.05, 0.1) is 0 Å². The van der Waals surface area contributed by atoms with Crippen LogP contribution in [-0.4, -0.2) is 0 Å². The van der Waals surface area contributed by atoms with Crippen molar-refractivity contribution in [2.75, 3.05) is 0 Å². The number of rotatable bonds is 4. The average molecular weight is 314 g/mol. The average Bonchev–Trinajstić information content (AvgIpc) is 2.62. The third kappa shape index (κ3) is 3.59. The van der Waals surface area contributed by atoms with Crippen LogP contribution in [0.5, 0.6) is 0 Å². The van der Waals surface area contributed by atoms with Gasteiger partial charge < -0.3 is 0 Å². The summed E-state index contributed by atoms with van der Waals surface area (Å²) >= 11 is 0. The van der Waals surface area contributed by atoms with Crippen LogP contribution in [0.2, 0.25) is 0 Å². The summed E-state index contributed by atoms with van der Waals surface area (Å²) in [4.78, 5) is 0. The van der Waals surface area contributed by atoms with Crippen molar-refractivity contribution in [3.05, 3.63) is 83.9 Å². The Labute approximate surface area is 146 Å². The van der Waals surface area contributed by atoms with Crippen LogP contribution in [0.15, 0.2) is 72.8 Å². The zero-order valence-corrected chi connectivity index (χ0v) is 15.1. The minimum atomic E-state index is 0.574. The Hall–Kier alpha value is -2.34. The van der Waals surface area contributed by atoms with Gasteiger partial charge in [0.1, 0.15) is 0 Å². The molecule has 0 fully saturated rings. The lowest BCUT2D eigenvalue weighted by molar-refractivity contribution is 0.867. The molecule has 0 heterocycles. The Kier molecular flexibility index (Phi) is 4.85. The molecular formula is C24H26. The summed E-state index contributed by atoms with van der Waals surface area (Å²) in [5.41, 5.74) is 7.88. The van der Waals surface area contributed by atoms with E-state index in [1.807, 2.05) is 0 Å². The summed E-state index contributed by atoms with van der Waals surface area (Å²) in [5, 5.41) is 0. The predicted octanol–water partition coefficient (Wildman–Crippen LogP) is 7.27. The van der Waals surface area contributed by atoms with Gasteiger partial charge in [0, 0.05) is 0 Å². The fourth-order valence-corrected chi connectivity index (χ4v) is 3.00. The lowest BCUT2D eigenvalue weighted by Crippen LogP contribution is -1.88. The molecule has 0 radical (unpaired) electrons. The van der Waals surface area contributed by atoms with E-state index in [1.54, 1.807) is 0 Å². The van der Waals surface area contributed by atoms with E-state index < -0.39 is 0 Å². The minimum absolute atomic E-state index is 0.574. The molecule has 3 rings (SSSR count). The van der Waals surface area contributed by atoms with Crippen molar-refractivity contribution in [1.29, 1.82) is 0 Å². The second-order valence-corrected chi connectivity index (χ2v) is 7.13. The zero-order valence-electron chi connectivity index (χ0n) is 15.1. The van der Waals surface area contributed by atoms with Crippen LogP contribution in [0, 0.1) is 0 Å². The van der Waals surface area contributed by atoms with Crippen LogP contribution >= 0.6 is 0 Å². The molecule has 0 aliphatic heterocycles. The first-order valence-corrected chi connectivity index (χ1v) is 8.85. The van der Waals surface area contributed by atoms with Gasteiger partial charge in [-0.1, -0.05) is 94.4 Å². The van der Waals surface area contributed by atoms with E-state index in [4.69, 9.17) is 0 Å². The lowest BCUT2D eigenvalue weighted by atomic mass is 9.95. The van der Waals surface area contributed by atoms with Gasteiger partial charge in [-0.15, -0.1) is 0 Å². The van der Waals surface area contributed by atoms with Gasteiger partial charge >= 0.3 is 0 Å². The Balaban J connectivity index is 1.91. The van der Waals surface area contributed by atoms with Crippen molar-refractivity contribution in [3.63, 3.8) is 0 Å². The van der Waals surface area contributed by atoms with Gasteiger partial charge in [-0.3, -0.25) is 0 Å². The van der Waals surface area contributed by atoms with Crippen LogP contribution in [0.1, 0.15) is 50.7 Å². The van der Waals surface area contributed by atoms with E-state index in [-0.39, 0.29) is 0 Å². The molecule has 0 N–H and O–H groups in total. The van der Waals surface area contributed by atoms with E-state index >= 15 is 0 Å². The fourth-order valence-electron chi connectivity index (χ4n) is 3.00. The molecule has 0 amide bonds. The lowest BCUT2D eigenvalue weighted by Gasteiger charge is -2.10. The first kappa shape index (κ1) is 16.5. The van der Waals surface area contributed by atoms with Crippen LogP contribution in [-0.2, 0) is 0 Å². The van der Waals surface area contributed by atoms with Crippen molar-refractivity contribution >= 4 is 0 Å². The van der Waals surface area contributed by atoms with E-state index in [9.17, 15) is 0 Å². The first-order valence-electron chi connectivity index (χ1n) is 8.85. The third-order valence-corrected chi connectivity index (χ3v) is 4.68. The molecule has 0 atom stereocenters. The molecule has 0 nitrogen and oxygen atoms in total. The van der Waals surface area contributed by atoms with Crippen LogP contribution < -0.4 is 0 Å². The van der Waals surface area contributed by atoms with Crippen molar-refractivity contribution in [2.24, 2.45) is 0 Å². The van der Waals surface area contributed by atoms with Gasteiger partial charge in [0.25, 0.3) is 0 Å². The fraction of sp³-hybridized carbons (Fsp3) is 0.250. The zero-order chi connectivity index (χ0) is 17.1. The van der Waals surface area contributed by atoms with Crippen molar-refractivity contribution < 1.29 is 0 Å². The van der Waals surface area contributed by atoms with Crippen LogP contribution in [0.25, 0.3) is 22.3 Å². The molecule has 0 saturated heterocycles. The van der Waals surface area contributed by atoms with Crippen molar-refractivity contribution in [3.8, 4) is 22.3 Å². The highest BCUT2D eigenvalue weighted by atomic mass is 14.1. The smallest absolute Gasteiger partial charge is 0.0178 e. The molecule has 0 spiro atoms. The maximum atomic E-state index is 2.29. The second-order valence-electron chi connectivity index (χ2n) is 7.13. The van der Waals surface area contributed by atoms with Crippen LogP contribution in [0.4, 0.5) is 0 Å². The highest BCUT2D eigenvalue weighted by Crippen LogP contribution is 2.28. The maximum absolute atomic E-state index is 2.29. The van der Waals surface area contributed by atoms with Crippen molar-refractivity contribution in [1.82, 2.24) is 0 Å². The van der Waals surface area contributed by atoms with Gasteiger partial charge in [0.15, 0.2) is 0 Å².